The SMILES string of the molecule is COC(=O)Cc1ccc(OCc2ccc(Cl)cc2)c(CN2CCCCC(NS(=O)(=O)c3ccc(C)cc3)C2=O)c1. The van der Waals surface area contributed by atoms with Gasteiger partial charge in [0.15, 0.2) is 0 Å². The van der Waals surface area contributed by atoms with E-state index in [4.69, 9.17) is 21.1 Å². The zero-order chi connectivity index (χ0) is 28.7. The summed E-state index contributed by atoms with van der Waals surface area (Å²) in [6.45, 7) is 2.84. The van der Waals surface area contributed by atoms with Gasteiger partial charge in [0.1, 0.15) is 18.4 Å². The highest BCUT2D eigenvalue weighted by atomic mass is 35.5. The first-order valence-corrected chi connectivity index (χ1v) is 14.9. The number of carbonyl (C=O) groups is 2. The lowest BCUT2D eigenvalue weighted by Crippen LogP contribution is -2.47. The summed E-state index contributed by atoms with van der Waals surface area (Å²) in [6, 6.07) is 18.4. The fourth-order valence-corrected chi connectivity index (χ4v) is 5.89. The Morgan fingerprint density at radius 2 is 1.73 bits per heavy atom. The van der Waals surface area contributed by atoms with Gasteiger partial charge in [0.05, 0.1) is 18.4 Å². The average molecular weight is 585 g/mol. The molecule has 0 saturated carbocycles. The summed E-state index contributed by atoms with van der Waals surface area (Å²) >= 11 is 5.99. The van der Waals surface area contributed by atoms with Crippen LogP contribution in [-0.2, 0) is 43.9 Å². The number of benzene rings is 3. The van der Waals surface area contributed by atoms with E-state index in [1.165, 1.54) is 19.2 Å². The van der Waals surface area contributed by atoms with Crippen molar-refractivity contribution in [2.24, 2.45) is 0 Å². The van der Waals surface area contributed by atoms with Gasteiger partial charge in [0.2, 0.25) is 15.9 Å². The molecule has 0 bridgehead atoms. The lowest BCUT2D eigenvalue weighted by atomic mass is 10.1. The lowest BCUT2D eigenvalue weighted by molar-refractivity contribution is -0.139. The number of halogens is 1. The minimum atomic E-state index is -3.88. The number of rotatable bonds is 10. The van der Waals surface area contributed by atoms with Crippen LogP contribution in [-0.4, -0.2) is 44.9 Å². The number of carbonyl (C=O) groups excluding carboxylic acids is 2. The van der Waals surface area contributed by atoms with Crippen molar-refractivity contribution in [1.82, 2.24) is 9.62 Å². The average Bonchev–Trinajstić information content (AvgIpc) is 3.10. The summed E-state index contributed by atoms with van der Waals surface area (Å²) in [7, 11) is -2.54. The maximum atomic E-state index is 13.6. The minimum Gasteiger partial charge on any atom is -0.489 e. The molecule has 0 aliphatic carbocycles. The number of aryl methyl sites for hydroxylation is 1. The van der Waals surface area contributed by atoms with Crippen molar-refractivity contribution in [1.29, 1.82) is 0 Å². The van der Waals surface area contributed by atoms with Crippen LogP contribution in [0.3, 0.4) is 0 Å². The van der Waals surface area contributed by atoms with Gasteiger partial charge in [-0.05, 0) is 73.7 Å². The third-order valence-electron chi connectivity index (χ3n) is 6.78. The van der Waals surface area contributed by atoms with Gasteiger partial charge in [0, 0.05) is 23.7 Å². The van der Waals surface area contributed by atoms with Crippen LogP contribution in [0.4, 0.5) is 0 Å². The van der Waals surface area contributed by atoms with E-state index < -0.39 is 16.1 Å². The van der Waals surface area contributed by atoms with Crippen molar-refractivity contribution in [3.05, 3.63) is 94.0 Å². The van der Waals surface area contributed by atoms with Crippen LogP contribution in [0, 0.1) is 6.92 Å². The number of sulfonamides is 1. The number of likely N-dealkylation sites (tertiary alicyclic amines) is 1. The zero-order valence-electron chi connectivity index (χ0n) is 22.6. The van der Waals surface area contributed by atoms with Crippen LogP contribution >= 0.6 is 11.6 Å². The smallest absolute Gasteiger partial charge is 0.309 e. The Hall–Kier alpha value is -3.40. The molecule has 1 amide bonds. The lowest BCUT2D eigenvalue weighted by Gasteiger charge is -2.26. The van der Waals surface area contributed by atoms with Crippen LogP contribution in [0.15, 0.2) is 71.6 Å². The van der Waals surface area contributed by atoms with Gasteiger partial charge in [-0.25, -0.2) is 8.42 Å². The number of nitrogens with zero attached hydrogens (tertiary/aromatic N) is 1. The van der Waals surface area contributed by atoms with Crippen LogP contribution in [0.25, 0.3) is 0 Å². The van der Waals surface area contributed by atoms with Crippen molar-refractivity contribution in [3.63, 3.8) is 0 Å². The highest BCUT2D eigenvalue weighted by Crippen LogP contribution is 2.26. The van der Waals surface area contributed by atoms with Crippen LogP contribution < -0.4 is 9.46 Å². The predicted octanol–water partition coefficient (Wildman–Crippen LogP) is 4.80. The summed E-state index contributed by atoms with van der Waals surface area (Å²) < 4.78 is 39.7. The number of hydrogen-bond acceptors (Lipinski definition) is 6. The molecular formula is C30H33ClN2O6S. The number of esters is 1. The molecule has 0 radical (unpaired) electrons. The first-order chi connectivity index (χ1) is 19.1. The van der Waals surface area contributed by atoms with E-state index in [1.807, 2.05) is 25.1 Å². The third kappa shape index (κ3) is 7.84. The van der Waals surface area contributed by atoms with Gasteiger partial charge >= 0.3 is 5.97 Å². The molecule has 1 atom stereocenters. The highest BCUT2D eigenvalue weighted by molar-refractivity contribution is 7.89. The van der Waals surface area contributed by atoms with Crippen LogP contribution in [0.2, 0.25) is 5.02 Å². The summed E-state index contributed by atoms with van der Waals surface area (Å²) in [5.74, 6) is -0.107. The number of ether oxygens (including phenoxy) is 2. The maximum absolute atomic E-state index is 13.6. The first-order valence-electron chi connectivity index (χ1n) is 13.1. The second-order valence-corrected chi connectivity index (χ2v) is 12.0. The fourth-order valence-electron chi connectivity index (χ4n) is 4.54. The van der Waals surface area contributed by atoms with E-state index in [1.54, 1.807) is 41.3 Å². The fraction of sp³-hybridized carbons (Fsp3) is 0.333. The van der Waals surface area contributed by atoms with Gasteiger partial charge in [-0.3, -0.25) is 9.59 Å². The Labute approximate surface area is 240 Å². The summed E-state index contributed by atoms with van der Waals surface area (Å²) in [5.41, 5.74) is 3.30. The molecule has 40 heavy (non-hydrogen) atoms. The van der Waals surface area contributed by atoms with E-state index in [9.17, 15) is 18.0 Å². The van der Waals surface area contributed by atoms with E-state index in [0.29, 0.717) is 35.7 Å². The second-order valence-electron chi connectivity index (χ2n) is 9.85. The molecule has 1 aliphatic rings. The normalized spacial score (nSPS) is 15.9. The zero-order valence-corrected chi connectivity index (χ0v) is 24.1. The third-order valence-corrected chi connectivity index (χ3v) is 8.52. The maximum Gasteiger partial charge on any atom is 0.309 e. The molecule has 1 fully saturated rings. The van der Waals surface area contributed by atoms with Gasteiger partial charge in [-0.15, -0.1) is 0 Å². The van der Waals surface area contributed by atoms with E-state index >= 15 is 0 Å². The van der Waals surface area contributed by atoms with E-state index in [2.05, 4.69) is 4.72 Å². The minimum absolute atomic E-state index is 0.0773. The quantitative estimate of drug-likeness (QED) is 0.343. The Kier molecular flexibility index (Phi) is 9.84. The molecule has 10 heteroatoms. The monoisotopic (exact) mass is 584 g/mol. The molecule has 4 rings (SSSR count). The molecular weight excluding hydrogens is 552 g/mol. The van der Waals surface area contributed by atoms with Crippen molar-refractivity contribution in [2.45, 2.75) is 56.7 Å². The summed E-state index contributed by atoms with van der Waals surface area (Å²) in [4.78, 5) is 27.3. The van der Waals surface area contributed by atoms with Crippen molar-refractivity contribution in [3.8, 4) is 5.75 Å². The Bertz CT molecular complexity index is 1440. The van der Waals surface area contributed by atoms with E-state index in [0.717, 1.165) is 23.1 Å². The number of hydrogen-bond donors (Lipinski definition) is 1. The molecule has 0 spiro atoms. The van der Waals surface area contributed by atoms with Gasteiger partial charge in [-0.2, -0.15) is 4.72 Å². The van der Waals surface area contributed by atoms with Gasteiger partial charge < -0.3 is 14.4 Å². The highest BCUT2D eigenvalue weighted by Gasteiger charge is 2.31. The standard InChI is InChI=1S/C30H33ClN2O6S/c1-21-6-13-26(14-7-21)40(36,37)32-27-5-3-4-16-33(30(27)35)19-24-17-23(18-29(34)38-2)10-15-28(24)39-20-22-8-11-25(31)12-9-22/h6-15,17,27,32H,3-5,16,18-20H2,1-2H3. The molecule has 212 valence electrons. The first kappa shape index (κ1) is 29.6. The topological polar surface area (TPSA) is 102 Å². The Morgan fingerprint density at radius 3 is 2.42 bits per heavy atom. The Morgan fingerprint density at radius 1 is 1.02 bits per heavy atom. The number of nitrogens with one attached hydrogen (secondary N) is 1. The van der Waals surface area contributed by atoms with E-state index in [-0.39, 0.29) is 36.3 Å². The number of amides is 1. The van der Waals surface area contributed by atoms with Crippen LogP contribution in [0.1, 0.15) is 41.5 Å². The predicted molar refractivity (Wildman–Crippen MR) is 153 cm³/mol. The van der Waals surface area contributed by atoms with Crippen molar-refractivity contribution < 1.29 is 27.5 Å². The Balaban J connectivity index is 1.55. The van der Waals surface area contributed by atoms with Gasteiger partial charge in [-0.1, -0.05) is 47.5 Å². The summed E-state index contributed by atoms with van der Waals surface area (Å²) in [6.07, 6.45) is 1.92. The summed E-state index contributed by atoms with van der Waals surface area (Å²) in [5, 5.41) is 0.629. The molecule has 1 aliphatic heterocycles. The molecule has 1 saturated heterocycles. The molecule has 1 heterocycles. The second kappa shape index (κ2) is 13.3. The van der Waals surface area contributed by atoms with Crippen LogP contribution in [0.5, 0.6) is 5.75 Å². The van der Waals surface area contributed by atoms with Crippen molar-refractivity contribution in [2.75, 3.05) is 13.7 Å². The molecule has 1 unspecified atom stereocenters. The van der Waals surface area contributed by atoms with Gasteiger partial charge in [0.25, 0.3) is 0 Å². The largest absolute Gasteiger partial charge is 0.489 e. The molecule has 8 nitrogen and oxygen atoms in total. The molecule has 0 aromatic heterocycles. The van der Waals surface area contributed by atoms with Crippen molar-refractivity contribution >= 4 is 33.5 Å². The molecule has 1 N–H and O–H groups in total. The molecule has 3 aromatic carbocycles. The number of methoxy groups -OCH3 is 1. The molecule has 3 aromatic rings.